The van der Waals surface area contributed by atoms with Gasteiger partial charge < -0.3 is 15.4 Å². The maximum absolute atomic E-state index is 12.8. The fourth-order valence-corrected chi connectivity index (χ4v) is 2.93. The first-order valence-electron chi connectivity index (χ1n) is 9.46. The van der Waals surface area contributed by atoms with Crippen molar-refractivity contribution in [2.75, 3.05) is 12.4 Å². The highest BCUT2D eigenvalue weighted by atomic mass is 16.5. The van der Waals surface area contributed by atoms with Crippen LogP contribution in [0.15, 0.2) is 48.5 Å². The van der Waals surface area contributed by atoms with E-state index in [1.54, 1.807) is 24.3 Å². The number of amides is 2. The van der Waals surface area contributed by atoms with E-state index >= 15 is 0 Å². The molecule has 1 atom stereocenters. The molecule has 6 nitrogen and oxygen atoms in total. The quantitative estimate of drug-likeness (QED) is 0.733. The second kappa shape index (κ2) is 9.37. The van der Waals surface area contributed by atoms with Gasteiger partial charge in [0.15, 0.2) is 0 Å². The molecule has 2 aromatic carbocycles. The Bertz CT molecular complexity index is 882. The van der Waals surface area contributed by atoms with Crippen LogP contribution in [0.3, 0.4) is 0 Å². The summed E-state index contributed by atoms with van der Waals surface area (Å²) in [4.78, 5) is 36.4. The van der Waals surface area contributed by atoms with E-state index in [1.165, 1.54) is 19.6 Å². The Hall–Kier alpha value is -3.15. The summed E-state index contributed by atoms with van der Waals surface area (Å²) in [6.45, 7) is 7.76. The van der Waals surface area contributed by atoms with Gasteiger partial charge in [-0.25, -0.2) is 4.79 Å². The largest absolute Gasteiger partial charge is 0.467 e. The number of esters is 1. The van der Waals surface area contributed by atoms with Gasteiger partial charge in [0.05, 0.1) is 18.4 Å². The van der Waals surface area contributed by atoms with Gasteiger partial charge in [-0.2, -0.15) is 0 Å². The average Bonchev–Trinajstić information content (AvgIpc) is 2.66. The molecule has 0 aliphatic carbocycles. The molecule has 6 heteroatoms. The lowest BCUT2D eigenvalue weighted by Crippen LogP contribution is -2.43. The SMILES string of the molecule is COC(=O)[C@@H](Cc1ccc(C(C)(C)C)cc1)NC(=O)c1ccccc1NC(C)=O. The number of hydrogen-bond donors (Lipinski definition) is 2. The normalized spacial score (nSPS) is 12.0. The molecular formula is C23H28N2O4. The molecule has 0 saturated heterocycles. The number of benzene rings is 2. The number of anilines is 1. The molecule has 0 aliphatic rings. The molecule has 2 aromatic rings. The van der Waals surface area contributed by atoms with Crippen LogP contribution in [-0.2, 0) is 26.2 Å². The van der Waals surface area contributed by atoms with E-state index in [-0.39, 0.29) is 16.9 Å². The second-order valence-corrected chi connectivity index (χ2v) is 7.93. The third kappa shape index (κ3) is 6.17. The van der Waals surface area contributed by atoms with Crippen LogP contribution in [0.5, 0.6) is 0 Å². The Labute approximate surface area is 171 Å². The lowest BCUT2D eigenvalue weighted by atomic mass is 9.86. The van der Waals surface area contributed by atoms with Crippen molar-refractivity contribution >= 4 is 23.5 Å². The molecule has 0 aromatic heterocycles. The molecule has 2 rings (SSSR count). The number of para-hydroxylation sites is 1. The molecular weight excluding hydrogens is 368 g/mol. The van der Waals surface area contributed by atoms with Crippen LogP contribution in [0.2, 0.25) is 0 Å². The first-order valence-corrected chi connectivity index (χ1v) is 9.46. The zero-order valence-corrected chi connectivity index (χ0v) is 17.5. The molecule has 0 aliphatic heterocycles. The van der Waals surface area contributed by atoms with Crippen molar-refractivity contribution in [2.24, 2.45) is 0 Å². The lowest BCUT2D eigenvalue weighted by Gasteiger charge is -2.20. The molecule has 2 N–H and O–H groups in total. The van der Waals surface area contributed by atoms with Gasteiger partial charge in [0.2, 0.25) is 5.91 Å². The third-order valence-corrected chi connectivity index (χ3v) is 4.53. The highest BCUT2D eigenvalue weighted by molar-refractivity contribution is 6.04. The number of ether oxygens (including phenoxy) is 1. The van der Waals surface area contributed by atoms with Crippen LogP contribution in [0.1, 0.15) is 49.2 Å². The summed E-state index contributed by atoms with van der Waals surface area (Å²) in [5.74, 6) is -1.28. The van der Waals surface area contributed by atoms with Crippen molar-refractivity contribution in [1.29, 1.82) is 0 Å². The van der Waals surface area contributed by atoms with Crippen LogP contribution in [0, 0.1) is 0 Å². The second-order valence-electron chi connectivity index (χ2n) is 7.93. The van der Waals surface area contributed by atoms with Crippen molar-refractivity contribution in [2.45, 2.75) is 45.6 Å². The summed E-state index contributed by atoms with van der Waals surface area (Å²) in [6, 6.07) is 13.7. The van der Waals surface area contributed by atoms with Crippen molar-refractivity contribution in [1.82, 2.24) is 5.32 Å². The lowest BCUT2D eigenvalue weighted by molar-refractivity contribution is -0.142. The number of nitrogens with one attached hydrogen (secondary N) is 2. The Morgan fingerprint density at radius 2 is 1.62 bits per heavy atom. The third-order valence-electron chi connectivity index (χ3n) is 4.53. The minimum absolute atomic E-state index is 0.0297. The summed E-state index contributed by atoms with van der Waals surface area (Å²) >= 11 is 0. The monoisotopic (exact) mass is 396 g/mol. The number of carbonyl (C=O) groups is 3. The fourth-order valence-electron chi connectivity index (χ4n) is 2.93. The Morgan fingerprint density at radius 3 is 2.17 bits per heavy atom. The highest BCUT2D eigenvalue weighted by Gasteiger charge is 2.24. The predicted octanol–water partition coefficient (Wildman–Crippen LogP) is 3.46. The first-order chi connectivity index (χ1) is 13.6. The van der Waals surface area contributed by atoms with E-state index in [4.69, 9.17) is 4.74 Å². The molecule has 0 spiro atoms. The van der Waals surface area contributed by atoms with Gasteiger partial charge in [-0.3, -0.25) is 9.59 Å². The zero-order chi connectivity index (χ0) is 21.6. The van der Waals surface area contributed by atoms with Crippen molar-refractivity contribution < 1.29 is 19.1 Å². The van der Waals surface area contributed by atoms with Gasteiger partial charge in [-0.05, 0) is 28.7 Å². The molecule has 0 radical (unpaired) electrons. The average molecular weight is 396 g/mol. The topological polar surface area (TPSA) is 84.5 Å². The standard InChI is InChI=1S/C23H28N2O4/c1-15(26)24-19-9-7-6-8-18(19)21(27)25-20(22(28)29-5)14-16-10-12-17(13-11-16)23(2,3)4/h6-13,20H,14H2,1-5H3,(H,24,26)(H,25,27)/t20-/m1/s1. The predicted molar refractivity (Wildman–Crippen MR) is 113 cm³/mol. The van der Waals surface area contributed by atoms with Gasteiger partial charge in [0.25, 0.3) is 5.91 Å². The maximum Gasteiger partial charge on any atom is 0.328 e. The molecule has 0 heterocycles. The van der Waals surface area contributed by atoms with Crippen LogP contribution >= 0.6 is 0 Å². The Kier molecular flexibility index (Phi) is 7.15. The zero-order valence-electron chi connectivity index (χ0n) is 17.5. The smallest absolute Gasteiger partial charge is 0.328 e. The van der Waals surface area contributed by atoms with Crippen molar-refractivity contribution in [3.05, 3.63) is 65.2 Å². The molecule has 0 fully saturated rings. The summed E-state index contributed by atoms with van der Waals surface area (Å²) in [5.41, 5.74) is 2.78. The maximum atomic E-state index is 12.8. The molecule has 154 valence electrons. The van der Waals surface area contributed by atoms with E-state index < -0.39 is 17.9 Å². The van der Waals surface area contributed by atoms with Gasteiger partial charge in [-0.1, -0.05) is 57.2 Å². The van der Waals surface area contributed by atoms with E-state index in [0.29, 0.717) is 12.1 Å². The van der Waals surface area contributed by atoms with E-state index in [1.807, 2.05) is 24.3 Å². The Balaban J connectivity index is 2.20. The van der Waals surface area contributed by atoms with E-state index in [0.717, 1.165) is 5.56 Å². The van der Waals surface area contributed by atoms with E-state index in [2.05, 4.69) is 31.4 Å². The Morgan fingerprint density at radius 1 is 1.00 bits per heavy atom. The number of methoxy groups -OCH3 is 1. The van der Waals surface area contributed by atoms with Crippen LogP contribution in [0.25, 0.3) is 0 Å². The van der Waals surface area contributed by atoms with Crippen LogP contribution < -0.4 is 10.6 Å². The van der Waals surface area contributed by atoms with Crippen molar-refractivity contribution in [3.63, 3.8) is 0 Å². The molecule has 0 bridgehead atoms. The van der Waals surface area contributed by atoms with Crippen LogP contribution in [0.4, 0.5) is 5.69 Å². The summed E-state index contributed by atoms with van der Waals surface area (Å²) in [7, 11) is 1.29. The number of hydrogen-bond acceptors (Lipinski definition) is 4. The minimum Gasteiger partial charge on any atom is -0.467 e. The van der Waals surface area contributed by atoms with Gasteiger partial charge in [0.1, 0.15) is 6.04 Å². The fraction of sp³-hybridized carbons (Fsp3) is 0.348. The molecule has 29 heavy (non-hydrogen) atoms. The van der Waals surface area contributed by atoms with Crippen molar-refractivity contribution in [3.8, 4) is 0 Å². The summed E-state index contributed by atoms with van der Waals surface area (Å²) < 4.78 is 4.87. The summed E-state index contributed by atoms with van der Waals surface area (Å²) in [5, 5.41) is 5.35. The molecule has 0 unspecified atom stereocenters. The van der Waals surface area contributed by atoms with Gasteiger partial charge in [-0.15, -0.1) is 0 Å². The molecule has 0 saturated carbocycles. The van der Waals surface area contributed by atoms with Gasteiger partial charge >= 0.3 is 5.97 Å². The number of carbonyl (C=O) groups excluding carboxylic acids is 3. The number of rotatable bonds is 6. The molecule has 2 amide bonds. The summed E-state index contributed by atoms with van der Waals surface area (Å²) in [6.07, 6.45) is 0.297. The van der Waals surface area contributed by atoms with Gasteiger partial charge in [0, 0.05) is 13.3 Å². The minimum atomic E-state index is -0.849. The highest BCUT2D eigenvalue weighted by Crippen LogP contribution is 2.22. The first kappa shape index (κ1) is 22.1. The van der Waals surface area contributed by atoms with E-state index in [9.17, 15) is 14.4 Å². The van der Waals surface area contributed by atoms with Crippen LogP contribution in [-0.4, -0.2) is 30.9 Å².